The Kier molecular flexibility index (Phi) is 4.69. The van der Waals surface area contributed by atoms with Crippen molar-refractivity contribution in [2.24, 2.45) is 0 Å². The lowest BCUT2D eigenvalue weighted by atomic mass is 10.2. The molecule has 1 N–H and O–H groups in total. The van der Waals surface area contributed by atoms with Gasteiger partial charge in [-0.2, -0.15) is 5.26 Å². The molecule has 0 saturated heterocycles. The van der Waals surface area contributed by atoms with Crippen LogP contribution in [0.5, 0.6) is 0 Å². The smallest absolute Gasteiger partial charge is 0.349 e. The van der Waals surface area contributed by atoms with Crippen LogP contribution in [0.15, 0.2) is 35.7 Å². The van der Waals surface area contributed by atoms with Crippen LogP contribution in [0, 0.1) is 18.3 Å². The monoisotopic (exact) mass is 300 g/mol. The van der Waals surface area contributed by atoms with Crippen LogP contribution >= 0.6 is 11.3 Å². The van der Waals surface area contributed by atoms with Crippen molar-refractivity contribution in [3.05, 3.63) is 51.7 Å². The van der Waals surface area contributed by atoms with Crippen LogP contribution in [0.3, 0.4) is 0 Å². The molecule has 0 bridgehead atoms. The van der Waals surface area contributed by atoms with Gasteiger partial charge in [-0.1, -0.05) is 6.07 Å². The number of benzene rings is 1. The molecule has 0 unspecified atom stereocenters. The van der Waals surface area contributed by atoms with Crippen molar-refractivity contribution in [1.29, 1.82) is 5.26 Å². The molecule has 1 aromatic carbocycles. The van der Waals surface area contributed by atoms with E-state index >= 15 is 0 Å². The molecule has 0 saturated carbocycles. The minimum Gasteiger partial charge on any atom is -0.451 e. The molecule has 1 amide bonds. The van der Waals surface area contributed by atoms with Crippen LogP contribution in [0.1, 0.15) is 20.8 Å². The predicted molar refractivity (Wildman–Crippen MR) is 79.1 cm³/mol. The highest BCUT2D eigenvalue weighted by molar-refractivity contribution is 7.12. The molecule has 0 aliphatic heterocycles. The van der Waals surface area contributed by atoms with Crippen LogP contribution in [-0.4, -0.2) is 18.5 Å². The van der Waals surface area contributed by atoms with Gasteiger partial charge < -0.3 is 10.1 Å². The molecule has 2 aromatic rings. The summed E-state index contributed by atoms with van der Waals surface area (Å²) in [5.74, 6) is -0.962. The summed E-state index contributed by atoms with van der Waals surface area (Å²) < 4.78 is 4.95. The van der Waals surface area contributed by atoms with E-state index < -0.39 is 11.9 Å². The molecule has 0 spiro atoms. The first kappa shape index (κ1) is 14.8. The van der Waals surface area contributed by atoms with Crippen molar-refractivity contribution in [3.63, 3.8) is 0 Å². The quantitative estimate of drug-likeness (QED) is 0.880. The van der Waals surface area contributed by atoms with Gasteiger partial charge in [0.15, 0.2) is 6.61 Å². The number of ether oxygens (including phenoxy) is 1. The Balaban J connectivity index is 1.89. The third-order valence-electron chi connectivity index (χ3n) is 2.66. The van der Waals surface area contributed by atoms with Gasteiger partial charge in [0, 0.05) is 5.69 Å². The molecule has 106 valence electrons. The van der Waals surface area contributed by atoms with Crippen molar-refractivity contribution < 1.29 is 14.3 Å². The minimum absolute atomic E-state index is 0.368. The highest BCUT2D eigenvalue weighted by Crippen LogP contribution is 2.16. The number of nitrogens with one attached hydrogen (secondary N) is 1. The molecule has 0 fully saturated rings. The van der Waals surface area contributed by atoms with E-state index in [1.54, 1.807) is 36.6 Å². The Hall–Kier alpha value is -2.65. The average Bonchev–Trinajstić information content (AvgIpc) is 2.91. The van der Waals surface area contributed by atoms with Gasteiger partial charge in [-0.25, -0.2) is 4.79 Å². The summed E-state index contributed by atoms with van der Waals surface area (Å²) in [6.07, 6.45) is 0. The van der Waals surface area contributed by atoms with Crippen molar-refractivity contribution in [2.45, 2.75) is 6.92 Å². The third kappa shape index (κ3) is 3.91. The van der Waals surface area contributed by atoms with Gasteiger partial charge in [-0.3, -0.25) is 4.79 Å². The number of esters is 1. The zero-order valence-electron chi connectivity index (χ0n) is 11.3. The van der Waals surface area contributed by atoms with Gasteiger partial charge >= 0.3 is 5.97 Å². The second-order valence-electron chi connectivity index (χ2n) is 4.25. The molecule has 1 heterocycles. The summed E-state index contributed by atoms with van der Waals surface area (Å²) in [7, 11) is 0. The fourth-order valence-electron chi connectivity index (χ4n) is 1.64. The number of hydrogen-bond acceptors (Lipinski definition) is 5. The van der Waals surface area contributed by atoms with Gasteiger partial charge in [0.1, 0.15) is 4.88 Å². The van der Waals surface area contributed by atoms with E-state index in [9.17, 15) is 9.59 Å². The van der Waals surface area contributed by atoms with E-state index in [1.165, 1.54) is 11.3 Å². The summed E-state index contributed by atoms with van der Waals surface area (Å²) in [5, 5.41) is 13.1. The Morgan fingerprint density at radius 3 is 2.86 bits per heavy atom. The van der Waals surface area contributed by atoms with Crippen molar-refractivity contribution >= 4 is 28.9 Å². The maximum atomic E-state index is 11.7. The van der Waals surface area contributed by atoms with E-state index in [1.807, 2.05) is 12.1 Å². The first-order chi connectivity index (χ1) is 10.1. The van der Waals surface area contributed by atoms with Crippen LogP contribution in [0.4, 0.5) is 5.69 Å². The summed E-state index contributed by atoms with van der Waals surface area (Å²) >= 11 is 1.28. The van der Waals surface area contributed by atoms with Crippen molar-refractivity contribution in [3.8, 4) is 6.07 Å². The molecule has 0 aliphatic carbocycles. The molecule has 5 nitrogen and oxygen atoms in total. The van der Waals surface area contributed by atoms with Gasteiger partial charge in [-0.05, 0) is 42.1 Å². The van der Waals surface area contributed by atoms with Crippen LogP contribution in [0.2, 0.25) is 0 Å². The molecule has 0 aliphatic rings. The molecule has 6 heteroatoms. The van der Waals surface area contributed by atoms with Crippen molar-refractivity contribution in [2.75, 3.05) is 11.9 Å². The van der Waals surface area contributed by atoms with E-state index in [2.05, 4.69) is 5.32 Å². The highest BCUT2D eigenvalue weighted by atomic mass is 32.1. The lowest BCUT2D eigenvalue weighted by molar-refractivity contribution is -0.119. The van der Waals surface area contributed by atoms with Gasteiger partial charge in [-0.15, -0.1) is 11.3 Å². The molecule has 0 atom stereocenters. The van der Waals surface area contributed by atoms with E-state index in [0.717, 1.165) is 5.56 Å². The molecule has 0 radical (unpaired) electrons. The summed E-state index contributed by atoms with van der Waals surface area (Å²) in [5.41, 5.74) is 1.76. The number of nitriles is 1. The lowest BCUT2D eigenvalue weighted by Crippen LogP contribution is -2.20. The minimum atomic E-state index is -0.511. The van der Waals surface area contributed by atoms with E-state index in [4.69, 9.17) is 10.00 Å². The fraction of sp³-hybridized carbons (Fsp3) is 0.133. The SMILES string of the molecule is Cc1ccsc1C(=O)OCC(=O)Nc1cccc(C#N)c1. The number of anilines is 1. The maximum Gasteiger partial charge on any atom is 0.349 e. The Labute approximate surface area is 125 Å². The second kappa shape index (κ2) is 6.68. The first-order valence-electron chi connectivity index (χ1n) is 6.11. The first-order valence-corrected chi connectivity index (χ1v) is 6.99. The zero-order chi connectivity index (χ0) is 15.2. The standard InChI is InChI=1S/C15H12N2O3S/c1-10-5-6-21-14(10)15(19)20-9-13(18)17-12-4-2-3-11(7-12)8-16/h2-7H,9H2,1H3,(H,17,18). The molecule has 2 rings (SSSR count). The van der Waals surface area contributed by atoms with Gasteiger partial charge in [0.05, 0.1) is 11.6 Å². The van der Waals surface area contributed by atoms with Crippen LogP contribution in [-0.2, 0) is 9.53 Å². The van der Waals surface area contributed by atoms with Crippen molar-refractivity contribution in [1.82, 2.24) is 0 Å². The largest absolute Gasteiger partial charge is 0.451 e. The van der Waals surface area contributed by atoms with Crippen LogP contribution in [0.25, 0.3) is 0 Å². The van der Waals surface area contributed by atoms with Gasteiger partial charge in [0.2, 0.25) is 0 Å². The fourth-order valence-corrected chi connectivity index (χ4v) is 2.46. The average molecular weight is 300 g/mol. The molecular formula is C15H12N2O3S. The number of carbonyl (C=O) groups is 2. The lowest BCUT2D eigenvalue weighted by Gasteiger charge is -2.06. The van der Waals surface area contributed by atoms with E-state index in [-0.39, 0.29) is 6.61 Å². The van der Waals surface area contributed by atoms with E-state index in [0.29, 0.717) is 16.1 Å². The maximum absolute atomic E-state index is 11.7. The second-order valence-corrected chi connectivity index (χ2v) is 5.17. The highest BCUT2D eigenvalue weighted by Gasteiger charge is 2.13. The number of thiophene rings is 1. The van der Waals surface area contributed by atoms with Crippen LogP contribution < -0.4 is 5.32 Å². The number of aryl methyl sites for hydroxylation is 1. The Morgan fingerprint density at radius 1 is 1.38 bits per heavy atom. The topological polar surface area (TPSA) is 79.2 Å². The Morgan fingerprint density at radius 2 is 2.19 bits per heavy atom. The summed E-state index contributed by atoms with van der Waals surface area (Å²) in [4.78, 5) is 23.9. The molecule has 21 heavy (non-hydrogen) atoms. The zero-order valence-corrected chi connectivity index (χ0v) is 12.1. The summed E-state index contributed by atoms with van der Waals surface area (Å²) in [6.45, 7) is 1.44. The third-order valence-corrected chi connectivity index (χ3v) is 3.65. The normalized spacial score (nSPS) is 9.71. The molecular weight excluding hydrogens is 288 g/mol. The number of amides is 1. The predicted octanol–water partition coefficient (Wildman–Crippen LogP) is 2.72. The Bertz CT molecular complexity index is 716. The number of nitrogens with zero attached hydrogens (tertiary/aromatic N) is 1. The number of hydrogen-bond donors (Lipinski definition) is 1. The number of rotatable bonds is 4. The van der Waals surface area contributed by atoms with Gasteiger partial charge in [0.25, 0.3) is 5.91 Å². The number of carbonyl (C=O) groups excluding carboxylic acids is 2. The summed E-state index contributed by atoms with van der Waals surface area (Å²) in [6, 6.07) is 10.3. The molecule has 1 aromatic heterocycles.